The van der Waals surface area contributed by atoms with Crippen molar-refractivity contribution in [2.45, 2.75) is 38.8 Å². The van der Waals surface area contributed by atoms with E-state index in [1.165, 1.54) is 22.5 Å². The van der Waals surface area contributed by atoms with Gasteiger partial charge in [-0.25, -0.2) is 0 Å². The number of para-hydroxylation sites is 2. The van der Waals surface area contributed by atoms with Gasteiger partial charge in [-0.1, -0.05) is 43.3 Å². The van der Waals surface area contributed by atoms with E-state index < -0.39 is 0 Å². The van der Waals surface area contributed by atoms with Crippen molar-refractivity contribution in [1.29, 1.82) is 0 Å². The Morgan fingerprint density at radius 3 is 2.48 bits per heavy atom. The summed E-state index contributed by atoms with van der Waals surface area (Å²) in [6.45, 7) is 4.55. The van der Waals surface area contributed by atoms with E-state index in [1.807, 2.05) is 7.05 Å². The first-order chi connectivity index (χ1) is 10.3. The summed E-state index contributed by atoms with van der Waals surface area (Å²) >= 11 is 0. The Morgan fingerprint density at radius 2 is 1.76 bits per heavy atom. The molecule has 3 rings (SSSR count). The van der Waals surface area contributed by atoms with Gasteiger partial charge in [0.15, 0.2) is 0 Å². The molecule has 0 saturated carbocycles. The van der Waals surface area contributed by atoms with E-state index >= 15 is 0 Å². The van der Waals surface area contributed by atoms with Gasteiger partial charge in [-0.05, 0) is 50.1 Å². The lowest BCUT2D eigenvalue weighted by atomic mass is 10.0. The Labute approximate surface area is 127 Å². The van der Waals surface area contributed by atoms with Crippen molar-refractivity contribution in [3.05, 3.63) is 59.7 Å². The van der Waals surface area contributed by atoms with E-state index in [9.17, 15) is 0 Å². The van der Waals surface area contributed by atoms with Crippen molar-refractivity contribution in [2.75, 3.05) is 11.9 Å². The minimum atomic E-state index is 0.404. The van der Waals surface area contributed by atoms with Gasteiger partial charge in [0.1, 0.15) is 0 Å². The Balaban J connectivity index is 2.09. The van der Waals surface area contributed by atoms with Gasteiger partial charge in [0.05, 0.1) is 0 Å². The van der Waals surface area contributed by atoms with Crippen LogP contribution in [-0.4, -0.2) is 13.1 Å². The molecule has 0 bridgehead atoms. The molecule has 0 spiro atoms. The summed E-state index contributed by atoms with van der Waals surface area (Å²) in [7, 11) is 2.05. The third kappa shape index (κ3) is 2.44. The molecule has 1 N–H and O–H groups in total. The number of rotatable bonds is 4. The SMILES string of the molecule is CCC(NC)c1ccccc1N1c2ccccc2CC1C. The number of fused-ring (bicyclic) bond motifs is 1. The van der Waals surface area contributed by atoms with Crippen LogP contribution in [0.25, 0.3) is 0 Å². The summed E-state index contributed by atoms with van der Waals surface area (Å²) in [6.07, 6.45) is 2.22. The summed E-state index contributed by atoms with van der Waals surface area (Å²) in [5.41, 5.74) is 5.56. The zero-order chi connectivity index (χ0) is 14.8. The number of hydrogen-bond donors (Lipinski definition) is 1. The average Bonchev–Trinajstić information content (AvgIpc) is 2.85. The van der Waals surface area contributed by atoms with Crippen LogP contribution in [0.15, 0.2) is 48.5 Å². The standard InChI is InChI=1S/C19H24N2/c1-4-17(20-3)16-10-6-8-12-19(16)21-14(2)13-15-9-5-7-11-18(15)21/h5-12,14,17,20H,4,13H2,1-3H3. The molecule has 0 amide bonds. The molecular formula is C19H24N2. The zero-order valence-corrected chi connectivity index (χ0v) is 13.1. The van der Waals surface area contributed by atoms with Crippen LogP contribution in [0.1, 0.15) is 37.4 Å². The molecule has 2 unspecified atom stereocenters. The highest BCUT2D eigenvalue weighted by atomic mass is 15.2. The van der Waals surface area contributed by atoms with Crippen LogP contribution in [0.4, 0.5) is 11.4 Å². The van der Waals surface area contributed by atoms with Gasteiger partial charge in [-0.3, -0.25) is 0 Å². The number of benzene rings is 2. The first-order valence-electron chi connectivity index (χ1n) is 7.89. The Bertz CT molecular complexity index is 616. The van der Waals surface area contributed by atoms with Crippen LogP contribution in [0.2, 0.25) is 0 Å². The molecule has 2 aromatic carbocycles. The molecule has 0 aliphatic carbocycles. The minimum absolute atomic E-state index is 0.404. The first kappa shape index (κ1) is 14.2. The highest BCUT2D eigenvalue weighted by Crippen LogP contribution is 2.41. The fraction of sp³-hybridized carbons (Fsp3) is 0.368. The van der Waals surface area contributed by atoms with E-state index in [1.54, 1.807) is 0 Å². The van der Waals surface area contributed by atoms with Gasteiger partial charge < -0.3 is 10.2 Å². The lowest BCUT2D eigenvalue weighted by Gasteiger charge is -2.30. The minimum Gasteiger partial charge on any atom is -0.338 e. The van der Waals surface area contributed by atoms with Crippen LogP contribution >= 0.6 is 0 Å². The molecule has 0 saturated heterocycles. The maximum Gasteiger partial charge on any atom is 0.0461 e. The topological polar surface area (TPSA) is 15.3 Å². The quantitative estimate of drug-likeness (QED) is 0.890. The van der Waals surface area contributed by atoms with Crippen LogP contribution in [0, 0.1) is 0 Å². The molecule has 0 fully saturated rings. The summed E-state index contributed by atoms with van der Waals surface area (Å²) < 4.78 is 0. The Hall–Kier alpha value is -1.80. The van der Waals surface area contributed by atoms with Gasteiger partial charge >= 0.3 is 0 Å². The molecule has 1 aliphatic rings. The van der Waals surface area contributed by atoms with E-state index in [0.717, 1.165) is 12.8 Å². The van der Waals surface area contributed by atoms with Crippen LogP contribution in [0.3, 0.4) is 0 Å². The fourth-order valence-corrected chi connectivity index (χ4v) is 3.51. The van der Waals surface area contributed by atoms with Crippen molar-refractivity contribution >= 4 is 11.4 Å². The first-order valence-corrected chi connectivity index (χ1v) is 7.89. The molecule has 1 aliphatic heterocycles. The summed E-state index contributed by atoms with van der Waals surface area (Å²) in [5.74, 6) is 0. The highest BCUT2D eigenvalue weighted by molar-refractivity contribution is 5.73. The maximum atomic E-state index is 3.44. The lowest BCUT2D eigenvalue weighted by Crippen LogP contribution is -2.27. The fourth-order valence-electron chi connectivity index (χ4n) is 3.51. The highest BCUT2D eigenvalue weighted by Gasteiger charge is 2.29. The summed E-state index contributed by atoms with van der Waals surface area (Å²) in [4.78, 5) is 2.50. The van der Waals surface area contributed by atoms with Gasteiger partial charge in [-0.2, -0.15) is 0 Å². The third-order valence-corrected chi connectivity index (χ3v) is 4.54. The molecule has 2 nitrogen and oxygen atoms in total. The van der Waals surface area contributed by atoms with Gasteiger partial charge in [-0.15, -0.1) is 0 Å². The smallest absolute Gasteiger partial charge is 0.0461 e. The predicted octanol–water partition coefficient (Wildman–Crippen LogP) is 4.44. The number of nitrogens with one attached hydrogen (secondary N) is 1. The van der Waals surface area contributed by atoms with Crippen molar-refractivity contribution in [3.8, 4) is 0 Å². The van der Waals surface area contributed by atoms with E-state index in [2.05, 4.69) is 72.6 Å². The molecule has 0 aromatic heterocycles. The molecule has 110 valence electrons. The average molecular weight is 280 g/mol. The normalized spacial score (nSPS) is 18.6. The third-order valence-electron chi connectivity index (χ3n) is 4.54. The van der Waals surface area contributed by atoms with E-state index in [0.29, 0.717) is 12.1 Å². The van der Waals surface area contributed by atoms with E-state index in [4.69, 9.17) is 0 Å². The van der Waals surface area contributed by atoms with Crippen molar-refractivity contribution in [3.63, 3.8) is 0 Å². The summed E-state index contributed by atoms with van der Waals surface area (Å²) in [5, 5.41) is 3.44. The Morgan fingerprint density at radius 1 is 1.10 bits per heavy atom. The van der Waals surface area contributed by atoms with Crippen LogP contribution in [-0.2, 0) is 6.42 Å². The van der Waals surface area contributed by atoms with Crippen LogP contribution < -0.4 is 10.2 Å². The second kappa shape index (κ2) is 5.90. The molecule has 2 heteroatoms. The monoisotopic (exact) mass is 280 g/mol. The largest absolute Gasteiger partial charge is 0.338 e. The second-order valence-electron chi connectivity index (χ2n) is 5.86. The van der Waals surface area contributed by atoms with Gasteiger partial charge in [0.25, 0.3) is 0 Å². The molecule has 1 heterocycles. The zero-order valence-electron chi connectivity index (χ0n) is 13.1. The molecule has 0 radical (unpaired) electrons. The van der Waals surface area contributed by atoms with Crippen LogP contribution in [0.5, 0.6) is 0 Å². The molecule has 2 aromatic rings. The second-order valence-corrected chi connectivity index (χ2v) is 5.86. The predicted molar refractivity (Wildman–Crippen MR) is 90.3 cm³/mol. The van der Waals surface area contributed by atoms with Crippen molar-refractivity contribution < 1.29 is 0 Å². The van der Waals surface area contributed by atoms with Gasteiger partial charge in [0.2, 0.25) is 0 Å². The lowest BCUT2D eigenvalue weighted by molar-refractivity contribution is 0.575. The number of nitrogens with zero attached hydrogens (tertiary/aromatic N) is 1. The van der Waals surface area contributed by atoms with E-state index in [-0.39, 0.29) is 0 Å². The maximum absolute atomic E-state index is 3.44. The number of hydrogen-bond acceptors (Lipinski definition) is 2. The molecule has 21 heavy (non-hydrogen) atoms. The molecule has 2 atom stereocenters. The number of anilines is 2. The molecular weight excluding hydrogens is 256 g/mol. The van der Waals surface area contributed by atoms with Gasteiger partial charge in [0, 0.05) is 23.5 Å². The Kier molecular flexibility index (Phi) is 3.98. The summed E-state index contributed by atoms with van der Waals surface area (Å²) in [6, 6.07) is 18.5. The van der Waals surface area contributed by atoms with Crippen molar-refractivity contribution in [1.82, 2.24) is 5.32 Å². The van der Waals surface area contributed by atoms with Crippen molar-refractivity contribution in [2.24, 2.45) is 0 Å².